The molecule has 5 rings (SSSR count). The van der Waals surface area contributed by atoms with Gasteiger partial charge in [0.05, 0.1) is 18.4 Å². The maximum Gasteiger partial charge on any atom is 0.343 e. The summed E-state index contributed by atoms with van der Waals surface area (Å²) >= 11 is 0. The van der Waals surface area contributed by atoms with Gasteiger partial charge in [0.1, 0.15) is 17.2 Å². The van der Waals surface area contributed by atoms with Gasteiger partial charge in [0.25, 0.3) is 5.91 Å². The molecule has 0 saturated heterocycles. The van der Waals surface area contributed by atoms with Crippen molar-refractivity contribution in [3.05, 3.63) is 114 Å². The van der Waals surface area contributed by atoms with Crippen LogP contribution in [0.4, 0.5) is 0 Å². The molecule has 5 aromatic rings. The van der Waals surface area contributed by atoms with Gasteiger partial charge in [0.2, 0.25) is 0 Å². The third-order valence-corrected chi connectivity index (χ3v) is 6.31. The van der Waals surface area contributed by atoms with E-state index in [9.17, 15) is 9.59 Å². The van der Waals surface area contributed by atoms with Crippen LogP contribution in [-0.4, -0.2) is 30.8 Å². The lowest BCUT2D eigenvalue weighted by Crippen LogP contribution is -2.33. The van der Waals surface area contributed by atoms with E-state index >= 15 is 0 Å². The monoisotopic (exact) mass is 532 g/mol. The summed E-state index contributed by atoms with van der Waals surface area (Å²) in [7, 11) is 0. The molecule has 0 bridgehead atoms. The summed E-state index contributed by atoms with van der Waals surface area (Å²) in [5.74, 6) is 0.637. The van der Waals surface area contributed by atoms with Crippen molar-refractivity contribution in [3.8, 4) is 17.2 Å². The molecule has 0 aliphatic heterocycles. The summed E-state index contributed by atoms with van der Waals surface area (Å²) in [5, 5.41) is 8.03. The first-order chi connectivity index (χ1) is 19.5. The molecule has 1 N–H and O–H groups in total. The van der Waals surface area contributed by atoms with Crippen molar-refractivity contribution in [2.24, 2.45) is 5.10 Å². The van der Waals surface area contributed by atoms with Crippen LogP contribution in [0.25, 0.3) is 21.5 Å². The summed E-state index contributed by atoms with van der Waals surface area (Å²) in [5.41, 5.74) is 3.47. The SMILES string of the molecule is CCOc1ccc(C(=O)Oc2ccc3ccccc3c2/C=N\NC(=O)[C@H](C)Oc2ccc3ccccc3c2)cc1. The molecule has 0 spiro atoms. The minimum absolute atomic E-state index is 0.316. The van der Waals surface area contributed by atoms with Gasteiger partial charge in [-0.1, -0.05) is 60.7 Å². The standard InChI is InChI=1S/C33H28N2O5/c1-3-38-27-16-13-25(14-17-27)33(37)40-31-19-15-24-9-6-7-11-29(24)30(31)21-34-35-32(36)22(2)39-28-18-12-23-8-4-5-10-26(23)20-28/h4-22H,3H2,1-2H3,(H,35,36)/b34-21-/t22-/m0/s1. The molecule has 7 nitrogen and oxygen atoms in total. The minimum Gasteiger partial charge on any atom is -0.494 e. The van der Waals surface area contributed by atoms with Gasteiger partial charge in [-0.05, 0) is 77.9 Å². The lowest BCUT2D eigenvalue weighted by atomic mass is 10.0. The first kappa shape index (κ1) is 26.4. The van der Waals surface area contributed by atoms with Gasteiger partial charge in [0.15, 0.2) is 6.10 Å². The van der Waals surface area contributed by atoms with Crippen LogP contribution >= 0.6 is 0 Å². The van der Waals surface area contributed by atoms with Crippen LogP contribution in [0.3, 0.4) is 0 Å². The Morgan fingerprint density at radius 3 is 2.27 bits per heavy atom. The molecule has 0 unspecified atom stereocenters. The van der Waals surface area contributed by atoms with Crippen LogP contribution in [0, 0.1) is 0 Å². The number of hydrazone groups is 1. The Balaban J connectivity index is 1.31. The second kappa shape index (κ2) is 12.1. The Morgan fingerprint density at radius 2 is 1.50 bits per heavy atom. The maximum absolute atomic E-state index is 12.9. The molecular formula is C33H28N2O5. The van der Waals surface area contributed by atoms with Crippen LogP contribution < -0.4 is 19.6 Å². The summed E-state index contributed by atoms with van der Waals surface area (Å²) in [6, 6.07) is 31.6. The van der Waals surface area contributed by atoms with E-state index in [-0.39, 0.29) is 0 Å². The molecule has 5 aromatic carbocycles. The van der Waals surface area contributed by atoms with Gasteiger partial charge in [-0.2, -0.15) is 5.10 Å². The molecule has 7 heteroatoms. The number of ether oxygens (including phenoxy) is 3. The highest BCUT2D eigenvalue weighted by Crippen LogP contribution is 2.28. The molecule has 0 aromatic heterocycles. The van der Waals surface area contributed by atoms with E-state index in [1.165, 1.54) is 6.21 Å². The Kier molecular flexibility index (Phi) is 8.02. The van der Waals surface area contributed by atoms with Gasteiger partial charge < -0.3 is 14.2 Å². The molecular weight excluding hydrogens is 504 g/mol. The number of fused-ring (bicyclic) bond motifs is 2. The fourth-order valence-corrected chi connectivity index (χ4v) is 4.26. The van der Waals surface area contributed by atoms with E-state index in [0.717, 1.165) is 21.5 Å². The van der Waals surface area contributed by atoms with Crippen molar-refractivity contribution in [1.82, 2.24) is 5.43 Å². The van der Waals surface area contributed by atoms with Gasteiger partial charge in [-0.3, -0.25) is 4.79 Å². The van der Waals surface area contributed by atoms with Crippen LogP contribution in [-0.2, 0) is 4.79 Å². The highest BCUT2D eigenvalue weighted by Gasteiger charge is 2.16. The number of nitrogens with zero attached hydrogens (tertiary/aromatic N) is 1. The van der Waals surface area contributed by atoms with Gasteiger partial charge >= 0.3 is 5.97 Å². The predicted molar refractivity (Wildman–Crippen MR) is 156 cm³/mol. The summed E-state index contributed by atoms with van der Waals surface area (Å²) < 4.78 is 17.0. The number of amides is 1. The molecule has 0 aliphatic carbocycles. The third kappa shape index (κ3) is 6.10. The summed E-state index contributed by atoms with van der Waals surface area (Å²) in [6.07, 6.45) is 0.687. The number of rotatable bonds is 9. The highest BCUT2D eigenvalue weighted by molar-refractivity contribution is 6.04. The van der Waals surface area contributed by atoms with Crippen molar-refractivity contribution in [1.29, 1.82) is 0 Å². The van der Waals surface area contributed by atoms with E-state index in [0.29, 0.717) is 35.0 Å². The summed E-state index contributed by atoms with van der Waals surface area (Å²) in [4.78, 5) is 25.6. The Hall–Kier alpha value is -5.17. The first-order valence-electron chi connectivity index (χ1n) is 13.0. The molecule has 1 amide bonds. The number of benzene rings is 5. The highest BCUT2D eigenvalue weighted by atomic mass is 16.5. The topological polar surface area (TPSA) is 86.2 Å². The van der Waals surface area contributed by atoms with Crippen molar-refractivity contribution >= 4 is 39.6 Å². The minimum atomic E-state index is -0.789. The number of esters is 1. The molecule has 0 heterocycles. The van der Waals surface area contributed by atoms with Crippen molar-refractivity contribution in [2.45, 2.75) is 20.0 Å². The molecule has 0 saturated carbocycles. The molecule has 200 valence electrons. The van der Waals surface area contributed by atoms with E-state index < -0.39 is 18.0 Å². The van der Waals surface area contributed by atoms with Gasteiger partial charge in [-0.25, -0.2) is 10.2 Å². The second-order valence-corrected chi connectivity index (χ2v) is 9.05. The first-order valence-corrected chi connectivity index (χ1v) is 13.0. The Morgan fingerprint density at radius 1 is 0.825 bits per heavy atom. The van der Waals surface area contributed by atoms with Crippen LogP contribution in [0.5, 0.6) is 17.2 Å². The van der Waals surface area contributed by atoms with Crippen molar-refractivity contribution in [2.75, 3.05) is 6.61 Å². The number of hydrogen-bond donors (Lipinski definition) is 1. The van der Waals surface area contributed by atoms with Gasteiger partial charge in [-0.15, -0.1) is 0 Å². The second-order valence-electron chi connectivity index (χ2n) is 9.05. The normalized spacial score (nSPS) is 11.8. The quantitative estimate of drug-likeness (QED) is 0.101. The number of carbonyl (C=O) groups is 2. The fourth-order valence-electron chi connectivity index (χ4n) is 4.26. The van der Waals surface area contributed by atoms with E-state index in [4.69, 9.17) is 14.2 Å². The van der Waals surface area contributed by atoms with Crippen molar-refractivity contribution in [3.63, 3.8) is 0 Å². The average Bonchev–Trinajstić information content (AvgIpc) is 2.98. The molecule has 40 heavy (non-hydrogen) atoms. The summed E-state index contributed by atoms with van der Waals surface area (Å²) in [6.45, 7) is 4.09. The lowest BCUT2D eigenvalue weighted by molar-refractivity contribution is -0.127. The predicted octanol–water partition coefficient (Wildman–Crippen LogP) is 6.53. The lowest BCUT2D eigenvalue weighted by Gasteiger charge is -2.14. The zero-order chi connectivity index (χ0) is 27.9. The van der Waals surface area contributed by atoms with Crippen molar-refractivity contribution < 1.29 is 23.8 Å². The number of carbonyl (C=O) groups excluding carboxylic acids is 2. The molecule has 1 atom stereocenters. The zero-order valence-corrected chi connectivity index (χ0v) is 22.2. The largest absolute Gasteiger partial charge is 0.494 e. The van der Waals surface area contributed by atoms with E-state index in [1.807, 2.05) is 79.7 Å². The average molecular weight is 533 g/mol. The van der Waals surface area contributed by atoms with Crippen LogP contribution in [0.15, 0.2) is 108 Å². The van der Waals surface area contributed by atoms with Crippen LogP contribution in [0.1, 0.15) is 29.8 Å². The zero-order valence-electron chi connectivity index (χ0n) is 22.2. The smallest absolute Gasteiger partial charge is 0.343 e. The van der Waals surface area contributed by atoms with Crippen LogP contribution in [0.2, 0.25) is 0 Å². The molecule has 0 radical (unpaired) electrons. The number of nitrogens with one attached hydrogen (secondary N) is 1. The molecule has 0 aliphatic rings. The Bertz CT molecular complexity index is 1700. The fraction of sp³-hybridized carbons (Fsp3) is 0.121. The number of hydrogen-bond acceptors (Lipinski definition) is 6. The van der Waals surface area contributed by atoms with E-state index in [2.05, 4.69) is 10.5 Å². The van der Waals surface area contributed by atoms with E-state index in [1.54, 1.807) is 37.3 Å². The Labute approximate surface area is 232 Å². The van der Waals surface area contributed by atoms with Gasteiger partial charge in [0, 0.05) is 5.56 Å². The maximum atomic E-state index is 12.9. The molecule has 0 fully saturated rings. The third-order valence-electron chi connectivity index (χ3n) is 6.31.